The number of ether oxygens (including phenoxy) is 1. The van der Waals surface area contributed by atoms with Crippen molar-refractivity contribution < 1.29 is 13.9 Å². The van der Waals surface area contributed by atoms with Gasteiger partial charge >= 0.3 is 0 Å². The zero-order chi connectivity index (χ0) is 18.0. The normalized spacial score (nSPS) is 18.2. The Labute approximate surface area is 148 Å². The van der Waals surface area contributed by atoms with Gasteiger partial charge in [-0.1, -0.05) is 29.8 Å². The smallest absolute Gasteiger partial charge is 0.220 e. The summed E-state index contributed by atoms with van der Waals surface area (Å²) in [6.07, 6.45) is 1.70. The molecule has 3 nitrogen and oxygen atoms in total. The molecule has 1 aliphatic heterocycles. The third-order valence-electron chi connectivity index (χ3n) is 4.51. The molecular formula is C21H24FNO2. The molecule has 0 aliphatic carbocycles. The zero-order valence-electron chi connectivity index (χ0n) is 14.9. The highest BCUT2D eigenvalue weighted by Gasteiger charge is 2.34. The summed E-state index contributed by atoms with van der Waals surface area (Å²) < 4.78 is 19.0. The van der Waals surface area contributed by atoms with E-state index in [2.05, 4.69) is 11.4 Å². The van der Waals surface area contributed by atoms with Crippen molar-refractivity contribution in [3.63, 3.8) is 0 Å². The van der Waals surface area contributed by atoms with E-state index in [0.29, 0.717) is 12.8 Å². The first-order chi connectivity index (χ1) is 11.8. The van der Waals surface area contributed by atoms with Gasteiger partial charge in [-0.3, -0.25) is 4.79 Å². The molecule has 2 aromatic rings. The first-order valence-corrected chi connectivity index (χ1v) is 8.66. The van der Waals surface area contributed by atoms with Crippen molar-refractivity contribution in [2.75, 3.05) is 0 Å². The van der Waals surface area contributed by atoms with Gasteiger partial charge in [-0.05, 0) is 51.0 Å². The summed E-state index contributed by atoms with van der Waals surface area (Å²) >= 11 is 0. The van der Waals surface area contributed by atoms with Gasteiger partial charge in [-0.25, -0.2) is 4.39 Å². The number of rotatable bonds is 4. The molecule has 1 N–H and O–H groups in total. The molecule has 3 rings (SSSR count). The molecule has 1 atom stereocenters. The Bertz CT molecular complexity index is 768. The van der Waals surface area contributed by atoms with Crippen LogP contribution < -0.4 is 10.1 Å². The molecule has 4 heteroatoms. The highest BCUT2D eigenvalue weighted by atomic mass is 19.1. The van der Waals surface area contributed by atoms with Gasteiger partial charge in [0.25, 0.3) is 0 Å². The predicted molar refractivity (Wildman–Crippen MR) is 96.1 cm³/mol. The quantitative estimate of drug-likeness (QED) is 0.890. The van der Waals surface area contributed by atoms with Crippen molar-refractivity contribution in [2.45, 2.75) is 51.7 Å². The molecule has 0 unspecified atom stereocenters. The minimum absolute atomic E-state index is 0.000480. The van der Waals surface area contributed by atoms with Crippen molar-refractivity contribution >= 4 is 5.91 Å². The van der Waals surface area contributed by atoms with E-state index in [4.69, 9.17) is 4.74 Å². The van der Waals surface area contributed by atoms with E-state index in [-0.39, 0.29) is 23.4 Å². The van der Waals surface area contributed by atoms with Gasteiger partial charge in [0.15, 0.2) is 0 Å². The van der Waals surface area contributed by atoms with Gasteiger partial charge in [0.05, 0.1) is 6.04 Å². The zero-order valence-corrected chi connectivity index (χ0v) is 14.9. The number of halogens is 1. The van der Waals surface area contributed by atoms with E-state index in [1.165, 1.54) is 12.1 Å². The minimum Gasteiger partial charge on any atom is -0.487 e. The third-order valence-corrected chi connectivity index (χ3v) is 4.51. The first-order valence-electron chi connectivity index (χ1n) is 8.66. The lowest BCUT2D eigenvalue weighted by molar-refractivity contribution is -0.122. The molecular weight excluding hydrogens is 317 g/mol. The Hall–Kier alpha value is -2.36. The average molecular weight is 341 g/mol. The van der Waals surface area contributed by atoms with Crippen molar-refractivity contribution in [1.82, 2.24) is 5.32 Å². The van der Waals surface area contributed by atoms with E-state index in [1.807, 2.05) is 32.9 Å². The minimum atomic E-state index is -0.322. The monoisotopic (exact) mass is 341 g/mol. The molecule has 0 saturated heterocycles. The topological polar surface area (TPSA) is 38.3 Å². The molecule has 0 aromatic heterocycles. The summed E-state index contributed by atoms with van der Waals surface area (Å²) in [4.78, 5) is 12.4. The number of fused-ring (bicyclic) bond motifs is 1. The summed E-state index contributed by atoms with van der Waals surface area (Å²) in [5.74, 6) is 0.579. The second-order valence-corrected chi connectivity index (χ2v) is 7.35. The van der Waals surface area contributed by atoms with Crippen molar-refractivity contribution in [3.8, 4) is 5.75 Å². The van der Waals surface area contributed by atoms with Crippen LogP contribution >= 0.6 is 0 Å². The fraction of sp³-hybridized carbons (Fsp3) is 0.381. The van der Waals surface area contributed by atoms with Gasteiger partial charge < -0.3 is 10.1 Å². The van der Waals surface area contributed by atoms with Crippen LogP contribution in [0.1, 0.15) is 49.4 Å². The van der Waals surface area contributed by atoms with Gasteiger partial charge in [0, 0.05) is 18.4 Å². The molecule has 2 aromatic carbocycles. The van der Waals surface area contributed by atoms with Crippen LogP contribution in [-0.4, -0.2) is 11.5 Å². The van der Waals surface area contributed by atoms with E-state index in [9.17, 15) is 9.18 Å². The maximum Gasteiger partial charge on any atom is 0.220 e. The SMILES string of the molecule is Cc1ccc2c(c1)[C@H](NC(=O)CCc1ccc(F)cc1)CC(C)(C)O2. The van der Waals surface area contributed by atoms with Crippen molar-refractivity contribution in [3.05, 3.63) is 65.0 Å². The van der Waals surface area contributed by atoms with Gasteiger partial charge in [-0.2, -0.15) is 0 Å². The molecule has 0 saturated carbocycles. The molecule has 1 aliphatic rings. The van der Waals surface area contributed by atoms with Crippen LogP contribution in [0.15, 0.2) is 42.5 Å². The maximum atomic E-state index is 12.9. The molecule has 0 bridgehead atoms. The van der Waals surface area contributed by atoms with Crippen LogP contribution in [0, 0.1) is 12.7 Å². The second-order valence-electron chi connectivity index (χ2n) is 7.35. The lowest BCUT2D eigenvalue weighted by atomic mass is 9.89. The van der Waals surface area contributed by atoms with Crippen molar-refractivity contribution in [1.29, 1.82) is 0 Å². The van der Waals surface area contributed by atoms with E-state index < -0.39 is 0 Å². The fourth-order valence-electron chi connectivity index (χ4n) is 3.28. The average Bonchev–Trinajstić information content (AvgIpc) is 2.54. The van der Waals surface area contributed by atoms with Crippen LogP contribution in [0.4, 0.5) is 4.39 Å². The first kappa shape index (κ1) is 17.5. The second kappa shape index (κ2) is 6.87. The Balaban J connectivity index is 1.68. The van der Waals surface area contributed by atoms with Gasteiger partial charge in [0.2, 0.25) is 5.91 Å². The summed E-state index contributed by atoms with van der Waals surface area (Å²) in [6.45, 7) is 6.11. The predicted octanol–water partition coefficient (Wildman–Crippen LogP) is 4.49. The van der Waals surface area contributed by atoms with Gasteiger partial charge in [-0.15, -0.1) is 0 Å². The largest absolute Gasteiger partial charge is 0.487 e. The Kier molecular flexibility index (Phi) is 4.80. The van der Waals surface area contributed by atoms with E-state index in [1.54, 1.807) is 12.1 Å². The number of carbonyl (C=O) groups is 1. The van der Waals surface area contributed by atoms with Crippen LogP contribution in [0.2, 0.25) is 0 Å². The van der Waals surface area contributed by atoms with Crippen LogP contribution in [0.25, 0.3) is 0 Å². The van der Waals surface area contributed by atoms with Crippen LogP contribution in [0.5, 0.6) is 5.75 Å². The van der Waals surface area contributed by atoms with Crippen molar-refractivity contribution in [2.24, 2.45) is 0 Å². The molecule has 0 spiro atoms. The molecule has 0 radical (unpaired) electrons. The van der Waals surface area contributed by atoms with E-state index in [0.717, 1.165) is 28.9 Å². The number of amides is 1. The summed E-state index contributed by atoms with van der Waals surface area (Å²) in [5, 5.41) is 3.15. The Morgan fingerprint density at radius 3 is 2.68 bits per heavy atom. The van der Waals surface area contributed by atoms with Crippen LogP contribution in [0.3, 0.4) is 0 Å². The lowest BCUT2D eigenvalue weighted by Crippen LogP contribution is -2.41. The standard InChI is InChI=1S/C21H24FNO2/c1-14-4-10-19-17(12-14)18(13-21(2,3)25-19)23-20(24)11-7-15-5-8-16(22)9-6-15/h4-6,8-10,12,18H,7,11,13H2,1-3H3,(H,23,24)/t18-/m1/s1. The number of carbonyl (C=O) groups excluding carboxylic acids is 1. The van der Waals surface area contributed by atoms with E-state index >= 15 is 0 Å². The van der Waals surface area contributed by atoms with Crippen LogP contribution in [-0.2, 0) is 11.2 Å². The fourth-order valence-corrected chi connectivity index (χ4v) is 3.28. The summed E-state index contributed by atoms with van der Waals surface area (Å²) in [7, 11) is 0. The number of benzene rings is 2. The highest BCUT2D eigenvalue weighted by Crippen LogP contribution is 2.39. The lowest BCUT2D eigenvalue weighted by Gasteiger charge is -2.38. The number of aryl methyl sites for hydroxylation is 2. The summed E-state index contributed by atoms with van der Waals surface area (Å²) in [5.41, 5.74) is 2.82. The third kappa shape index (κ3) is 4.38. The number of hydrogen-bond acceptors (Lipinski definition) is 2. The van der Waals surface area contributed by atoms with Gasteiger partial charge in [0.1, 0.15) is 17.2 Å². The summed E-state index contributed by atoms with van der Waals surface area (Å²) in [6, 6.07) is 12.3. The molecule has 1 heterocycles. The molecule has 25 heavy (non-hydrogen) atoms. The maximum absolute atomic E-state index is 12.9. The Morgan fingerprint density at radius 1 is 1.24 bits per heavy atom. The number of hydrogen-bond donors (Lipinski definition) is 1. The Morgan fingerprint density at radius 2 is 1.96 bits per heavy atom. The molecule has 1 amide bonds. The number of nitrogens with one attached hydrogen (secondary N) is 1. The molecule has 0 fully saturated rings. The molecule has 132 valence electrons. The highest BCUT2D eigenvalue weighted by molar-refractivity contribution is 5.77.